The van der Waals surface area contributed by atoms with E-state index in [2.05, 4.69) is 72.8 Å². The number of hydrogen-bond acceptors (Lipinski definition) is 0. The first kappa shape index (κ1) is 15.5. The van der Waals surface area contributed by atoms with Crippen LogP contribution in [0.15, 0.2) is 72.8 Å². The number of hydrogen-bond donors (Lipinski definition) is 0. The number of rotatable bonds is 3. The van der Waals surface area contributed by atoms with E-state index in [9.17, 15) is 0 Å². The molecule has 0 atom stereocenters. The molecule has 4 aromatic carbocycles. The summed E-state index contributed by atoms with van der Waals surface area (Å²) in [5, 5.41) is 4.88. The first-order chi connectivity index (χ1) is 11.8. The zero-order chi connectivity index (χ0) is 16.5. The fraction of sp³-hybridized carbons (Fsp3) is 0.0909. The molecule has 4 rings (SSSR count). The van der Waals surface area contributed by atoms with Crippen molar-refractivity contribution in [1.29, 1.82) is 0 Å². The van der Waals surface area contributed by atoms with E-state index in [0.29, 0.717) is 11.8 Å². The van der Waals surface area contributed by atoms with Gasteiger partial charge in [0.1, 0.15) is 0 Å². The Morgan fingerprint density at radius 1 is 0.500 bits per heavy atom. The highest BCUT2D eigenvalue weighted by Gasteiger charge is 2.15. The van der Waals surface area contributed by atoms with Gasteiger partial charge < -0.3 is 0 Å². The zero-order valence-corrected chi connectivity index (χ0v) is 14.6. The molecule has 4 aromatic rings. The quantitative estimate of drug-likeness (QED) is 0.344. The van der Waals surface area contributed by atoms with Crippen LogP contribution in [0.1, 0.15) is 11.1 Å². The van der Waals surface area contributed by atoms with Crippen LogP contribution in [-0.2, 0) is 11.8 Å². The van der Waals surface area contributed by atoms with Gasteiger partial charge in [0, 0.05) is 11.8 Å². The van der Waals surface area contributed by atoms with Gasteiger partial charge in [-0.05, 0) is 43.8 Å². The van der Waals surface area contributed by atoms with Gasteiger partial charge in [-0.3, -0.25) is 0 Å². The predicted molar refractivity (Wildman–Crippen MR) is 106 cm³/mol. The van der Waals surface area contributed by atoms with Crippen molar-refractivity contribution in [3.63, 3.8) is 0 Å². The molecule has 0 N–H and O–H groups in total. The minimum atomic E-state index is 0.477. The average molecular weight is 351 g/mol. The Hall–Kier alpha value is -2.02. The molecule has 0 spiro atoms. The summed E-state index contributed by atoms with van der Waals surface area (Å²) in [7, 11) is 0. The summed E-state index contributed by atoms with van der Waals surface area (Å²) in [6.07, 6.45) is 0. The molecule has 2 heteroatoms. The molecule has 0 nitrogen and oxygen atoms in total. The molecule has 0 unspecified atom stereocenters. The maximum absolute atomic E-state index is 6.30. The van der Waals surface area contributed by atoms with Crippen LogP contribution in [0.5, 0.6) is 0 Å². The summed E-state index contributed by atoms with van der Waals surface area (Å²) in [5.41, 5.74) is 4.68. The zero-order valence-electron chi connectivity index (χ0n) is 13.1. The van der Waals surface area contributed by atoms with Crippen molar-refractivity contribution in [2.45, 2.75) is 11.8 Å². The molecule has 0 aliphatic carbocycles. The molecule has 0 amide bonds. The molecule has 24 heavy (non-hydrogen) atoms. The van der Waals surface area contributed by atoms with Gasteiger partial charge in [-0.25, -0.2) is 0 Å². The molecule has 0 bridgehead atoms. The van der Waals surface area contributed by atoms with Crippen molar-refractivity contribution in [3.8, 4) is 11.1 Å². The Labute approximate surface area is 151 Å². The number of benzene rings is 4. The van der Waals surface area contributed by atoms with Gasteiger partial charge in [0.05, 0.1) is 0 Å². The summed E-state index contributed by atoms with van der Waals surface area (Å²) in [6, 6.07) is 25.4. The Kier molecular flexibility index (Phi) is 4.18. The Morgan fingerprint density at radius 2 is 0.917 bits per heavy atom. The minimum absolute atomic E-state index is 0.477. The largest absolute Gasteiger partial charge is 0.122 e. The highest BCUT2D eigenvalue weighted by molar-refractivity contribution is 6.20. The van der Waals surface area contributed by atoms with Gasteiger partial charge in [-0.2, -0.15) is 0 Å². The van der Waals surface area contributed by atoms with E-state index >= 15 is 0 Å². The van der Waals surface area contributed by atoms with Crippen LogP contribution in [0.25, 0.3) is 32.7 Å². The molecule has 0 fully saturated rings. The Balaban J connectivity index is 2.21. The van der Waals surface area contributed by atoms with Gasteiger partial charge in [0.25, 0.3) is 0 Å². The van der Waals surface area contributed by atoms with Gasteiger partial charge in [0.2, 0.25) is 0 Å². The van der Waals surface area contributed by atoms with E-state index < -0.39 is 0 Å². The highest BCUT2D eigenvalue weighted by atomic mass is 35.5. The van der Waals surface area contributed by atoms with E-state index in [0.717, 1.165) is 11.1 Å². The molecule has 0 saturated carbocycles. The van der Waals surface area contributed by atoms with Crippen molar-refractivity contribution in [2.75, 3.05) is 0 Å². The van der Waals surface area contributed by atoms with Gasteiger partial charge >= 0.3 is 0 Å². The monoisotopic (exact) mass is 350 g/mol. The molecular formula is C22H16Cl2. The van der Waals surface area contributed by atoms with Crippen molar-refractivity contribution in [2.24, 2.45) is 0 Å². The van der Waals surface area contributed by atoms with E-state index in [1.54, 1.807) is 0 Å². The maximum atomic E-state index is 6.30. The third-order valence-corrected chi connectivity index (χ3v) is 5.14. The second-order valence-electron chi connectivity index (χ2n) is 5.91. The maximum Gasteiger partial charge on any atom is 0.0480 e. The third-order valence-electron chi connectivity index (χ3n) is 4.57. The highest BCUT2D eigenvalue weighted by Crippen LogP contribution is 2.40. The fourth-order valence-electron chi connectivity index (χ4n) is 3.45. The minimum Gasteiger partial charge on any atom is -0.122 e. The third kappa shape index (κ3) is 2.47. The molecule has 0 heterocycles. The molecule has 0 aliphatic rings. The molecular weight excluding hydrogens is 335 g/mol. The second-order valence-corrected chi connectivity index (χ2v) is 6.44. The number of halogens is 2. The van der Waals surface area contributed by atoms with Gasteiger partial charge in [-0.1, -0.05) is 72.8 Å². The number of alkyl halides is 2. The lowest BCUT2D eigenvalue weighted by Crippen LogP contribution is -1.94. The lowest BCUT2D eigenvalue weighted by Gasteiger charge is -2.17. The topological polar surface area (TPSA) is 0 Å². The lowest BCUT2D eigenvalue weighted by atomic mass is 9.88. The fourth-order valence-corrected chi connectivity index (χ4v) is 3.89. The summed E-state index contributed by atoms with van der Waals surface area (Å²) in [6.45, 7) is 0. The van der Waals surface area contributed by atoms with Gasteiger partial charge in [-0.15, -0.1) is 23.2 Å². The van der Waals surface area contributed by atoms with E-state index in [-0.39, 0.29) is 0 Å². The van der Waals surface area contributed by atoms with Crippen LogP contribution in [-0.4, -0.2) is 0 Å². The van der Waals surface area contributed by atoms with Gasteiger partial charge in [0.15, 0.2) is 0 Å². The van der Waals surface area contributed by atoms with Crippen molar-refractivity contribution in [3.05, 3.63) is 83.9 Å². The first-order valence-electron chi connectivity index (χ1n) is 7.97. The van der Waals surface area contributed by atoms with Crippen molar-refractivity contribution >= 4 is 44.7 Å². The molecule has 0 saturated heterocycles. The Morgan fingerprint density at radius 3 is 1.33 bits per heavy atom. The van der Waals surface area contributed by atoms with E-state index in [1.807, 2.05) is 0 Å². The summed E-state index contributed by atoms with van der Waals surface area (Å²) >= 11 is 12.6. The van der Waals surface area contributed by atoms with Crippen LogP contribution >= 0.6 is 23.2 Å². The summed E-state index contributed by atoms with van der Waals surface area (Å²) < 4.78 is 0. The molecule has 0 radical (unpaired) electrons. The Bertz CT molecular complexity index is 949. The normalized spacial score (nSPS) is 11.2. The van der Waals surface area contributed by atoms with E-state index in [1.165, 1.54) is 32.7 Å². The van der Waals surface area contributed by atoms with Crippen LogP contribution < -0.4 is 0 Å². The summed E-state index contributed by atoms with van der Waals surface area (Å²) in [4.78, 5) is 0. The van der Waals surface area contributed by atoms with Crippen LogP contribution in [0.3, 0.4) is 0 Å². The average Bonchev–Trinajstić information content (AvgIpc) is 2.66. The van der Waals surface area contributed by atoms with Crippen molar-refractivity contribution in [1.82, 2.24) is 0 Å². The standard InChI is InChI=1S/C22H16Cl2/c23-13-17-11-9-15-5-1-3-7-19(15)21(17)22-18(14-24)12-10-16-6-2-4-8-20(16)22/h1-12H,13-14H2. The molecule has 0 aliphatic heterocycles. The van der Waals surface area contributed by atoms with Crippen LogP contribution in [0.4, 0.5) is 0 Å². The smallest absolute Gasteiger partial charge is 0.0480 e. The number of fused-ring (bicyclic) bond motifs is 2. The van der Waals surface area contributed by atoms with Crippen molar-refractivity contribution < 1.29 is 0 Å². The lowest BCUT2D eigenvalue weighted by molar-refractivity contribution is 1.38. The first-order valence-corrected chi connectivity index (χ1v) is 9.04. The second kappa shape index (κ2) is 6.47. The predicted octanol–water partition coefficient (Wildman–Crippen LogP) is 7.14. The SMILES string of the molecule is ClCc1ccc2ccccc2c1-c1c(CCl)ccc2ccccc12. The molecule has 0 aromatic heterocycles. The summed E-state index contributed by atoms with van der Waals surface area (Å²) in [5.74, 6) is 0.955. The van der Waals surface area contributed by atoms with Crippen LogP contribution in [0.2, 0.25) is 0 Å². The van der Waals surface area contributed by atoms with E-state index in [4.69, 9.17) is 23.2 Å². The van der Waals surface area contributed by atoms with Crippen LogP contribution in [0, 0.1) is 0 Å². The molecule has 118 valence electrons.